The number of hydrogen-bond acceptors (Lipinski definition) is 7. The highest BCUT2D eigenvalue weighted by atomic mass is 35.5. The molecule has 0 bridgehead atoms. The second-order valence-corrected chi connectivity index (χ2v) is 10.5. The molecule has 2 aromatic carbocycles. The molecule has 1 amide bonds. The number of fused-ring (bicyclic) bond motifs is 1. The number of benzene rings is 2. The number of hydrazine groups is 1. The summed E-state index contributed by atoms with van der Waals surface area (Å²) in [6.07, 6.45) is 1.71. The third kappa shape index (κ3) is 4.92. The van der Waals surface area contributed by atoms with E-state index >= 15 is 0 Å². The maximum absolute atomic E-state index is 12.7. The maximum Gasteiger partial charge on any atom is 0.223 e. The SMILES string of the molecule is O=C(CCS(=O)(=O)c1ccc2cc(Cl)ccc2c1)N1CCN(Nc2nccs2)CC1. The molecule has 1 aliphatic heterocycles. The summed E-state index contributed by atoms with van der Waals surface area (Å²) >= 11 is 7.50. The zero-order valence-electron chi connectivity index (χ0n) is 16.1. The number of carbonyl (C=O) groups excluding carboxylic acids is 1. The van der Waals surface area contributed by atoms with Crippen molar-refractivity contribution in [2.75, 3.05) is 37.4 Å². The van der Waals surface area contributed by atoms with Crippen molar-refractivity contribution in [3.05, 3.63) is 53.0 Å². The minimum atomic E-state index is -3.55. The Balaban J connectivity index is 1.32. The smallest absolute Gasteiger partial charge is 0.223 e. The van der Waals surface area contributed by atoms with Crippen molar-refractivity contribution in [2.45, 2.75) is 11.3 Å². The van der Waals surface area contributed by atoms with Gasteiger partial charge < -0.3 is 4.90 Å². The Morgan fingerprint density at radius 1 is 1.10 bits per heavy atom. The molecule has 0 saturated carbocycles. The maximum atomic E-state index is 12.7. The van der Waals surface area contributed by atoms with Crippen molar-refractivity contribution in [1.29, 1.82) is 0 Å². The van der Waals surface area contributed by atoms with Gasteiger partial charge in [0.2, 0.25) is 5.91 Å². The first kappa shape index (κ1) is 21.0. The van der Waals surface area contributed by atoms with Crippen LogP contribution in [0.15, 0.2) is 52.9 Å². The summed E-state index contributed by atoms with van der Waals surface area (Å²) < 4.78 is 25.5. The third-order valence-corrected chi connectivity index (χ3v) is 7.66. The monoisotopic (exact) mass is 464 g/mol. The Hall–Kier alpha value is -2.20. The number of sulfone groups is 1. The fourth-order valence-corrected chi connectivity index (χ4v) is 5.36. The van der Waals surface area contributed by atoms with Gasteiger partial charge in [0.05, 0.1) is 10.6 Å². The van der Waals surface area contributed by atoms with Gasteiger partial charge in [-0.2, -0.15) is 0 Å². The van der Waals surface area contributed by atoms with Gasteiger partial charge in [-0.1, -0.05) is 23.7 Å². The normalized spacial score (nSPS) is 15.4. The summed E-state index contributed by atoms with van der Waals surface area (Å²) in [7, 11) is -3.55. The quantitative estimate of drug-likeness (QED) is 0.602. The molecule has 0 radical (unpaired) electrons. The van der Waals surface area contributed by atoms with E-state index in [2.05, 4.69) is 10.4 Å². The van der Waals surface area contributed by atoms with Crippen LogP contribution in [0, 0.1) is 0 Å². The number of halogens is 1. The number of aromatic nitrogens is 1. The lowest BCUT2D eigenvalue weighted by atomic mass is 10.1. The number of thiazole rings is 1. The lowest BCUT2D eigenvalue weighted by Gasteiger charge is -2.34. The Bertz CT molecular complexity index is 1140. The van der Waals surface area contributed by atoms with Crippen molar-refractivity contribution in [3.63, 3.8) is 0 Å². The van der Waals surface area contributed by atoms with E-state index in [0.29, 0.717) is 31.2 Å². The minimum Gasteiger partial charge on any atom is -0.340 e. The molecule has 30 heavy (non-hydrogen) atoms. The van der Waals surface area contributed by atoms with E-state index in [-0.39, 0.29) is 23.0 Å². The molecule has 2 heterocycles. The summed E-state index contributed by atoms with van der Waals surface area (Å²) in [6.45, 7) is 2.42. The van der Waals surface area contributed by atoms with Crippen LogP contribution in [0.5, 0.6) is 0 Å². The van der Waals surface area contributed by atoms with E-state index in [0.717, 1.165) is 15.9 Å². The first-order valence-electron chi connectivity index (χ1n) is 9.52. The van der Waals surface area contributed by atoms with Gasteiger partial charge in [0.15, 0.2) is 15.0 Å². The Morgan fingerprint density at radius 2 is 1.83 bits per heavy atom. The Labute approximate surface area is 184 Å². The molecule has 4 rings (SSSR count). The van der Waals surface area contributed by atoms with Crippen LogP contribution in [0.1, 0.15) is 6.42 Å². The van der Waals surface area contributed by atoms with E-state index < -0.39 is 9.84 Å². The number of rotatable bonds is 6. The fourth-order valence-electron chi connectivity index (χ4n) is 3.37. The van der Waals surface area contributed by atoms with Crippen LogP contribution < -0.4 is 5.43 Å². The van der Waals surface area contributed by atoms with E-state index in [4.69, 9.17) is 11.6 Å². The predicted octanol–water partition coefficient (Wildman–Crippen LogP) is 3.28. The van der Waals surface area contributed by atoms with Gasteiger partial charge in [-0.25, -0.2) is 18.4 Å². The van der Waals surface area contributed by atoms with Crippen LogP contribution in [0.3, 0.4) is 0 Å². The summed E-state index contributed by atoms with van der Waals surface area (Å²) in [5.41, 5.74) is 3.21. The first-order chi connectivity index (χ1) is 14.4. The molecule has 1 aromatic heterocycles. The zero-order chi connectivity index (χ0) is 21.1. The molecule has 10 heteroatoms. The van der Waals surface area contributed by atoms with Gasteiger partial charge >= 0.3 is 0 Å². The lowest BCUT2D eigenvalue weighted by molar-refractivity contribution is -0.132. The second kappa shape index (κ2) is 8.89. The van der Waals surface area contributed by atoms with E-state index in [9.17, 15) is 13.2 Å². The molecule has 0 atom stereocenters. The highest BCUT2D eigenvalue weighted by Gasteiger charge is 2.24. The van der Waals surface area contributed by atoms with Crippen LogP contribution >= 0.6 is 22.9 Å². The van der Waals surface area contributed by atoms with Gasteiger partial charge in [-0.3, -0.25) is 10.2 Å². The average molecular weight is 465 g/mol. The standard InChI is InChI=1S/C20H21ClN4O3S2/c21-17-3-1-16-14-18(4-2-15(16)13-17)30(27,28)12-5-19(26)24-7-9-25(10-8-24)23-20-22-6-11-29-20/h1-4,6,11,13-14H,5,7-10,12H2,(H,22,23). The van der Waals surface area contributed by atoms with Gasteiger partial charge in [0.25, 0.3) is 0 Å². The molecule has 7 nitrogen and oxygen atoms in total. The molecule has 0 aliphatic carbocycles. The minimum absolute atomic E-state index is 0.0269. The molecule has 3 aromatic rings. The molecule has 1 N–H and O–H groups in total. The summed E-state index contributed by atoms with van der Waals surface area (Å²) in [5, 5.41) is 7.01. The summed E-state index contributed by atoms with van der Waals surface area (Å²) in [6, 6.07) is 10.3. The molecule has 1 saturated heterocycles. The van der Waals surface area contributed by atoms with Crippen LogP contribution in [0.4, 0.5) is 5.13 Å². The molecular weight excluding hydrogens is 444 g/mol. The van der Waals surface area contributed by atoms with Crippen LogP contribution in [-0.2, 0) is 14.6 Å². The number of hydrogen-bond donors (Lipinski definition) is 1. The third-order valence-electron chi connectivity index (χ3n) is 5.04. The van der Waals surface area contributed by atoms with Crippen molar-refractivity contribution in [2.24, 2.45) is 0 Å². The van der Waals surface area contributed by atoms with Crippen molar-refractivity contribution in [1.82, 2.24) is 14.9 Å². The summed E-state index contributed by atoms with van der Waals surface area (Å²) in [4.78, 5) is 18.7. The van der Waals surface area contributed by atoms with Crippen LogP contribution in [0.25, 0.3) is 10.8 Å². The van der Waals surface area contributed by atoms with Crippen molar-refractivity contribution < 1.29 is 13.2 Å². The van der Waals surface area contributed by atoms with Gasteiger partial charge in [-0.15, -0.1) is 11.3 Å². The fraction of sp³-hybridized carbons (Fsp3) is 0.300. The van der Waals surface area contributed by atoms with E-state index in [1.165, 1.54) is 11.3 Å². The Morgan fingerprint density at radius 3 is 2.57 bits per heavy atom. The molecule has 1 fully saturated rings. The molecule has 158 valence electrons. The van der Waals surface area contributed by atoms with E-state index in [1.807, 2.05) is 10.4 Å². The number of nitrogens with zero attached hydrogens (tertiary/aromatic N) is 3. The highest BCUT2D eigenvalue weighted by molar-refractivity contribution is 7.91. The molecular formula is C20H21ClN4O3S2. The summed E-state index contributed by atoms with van der Waals surface area (Å²) in [5.74, 6) is -0.345. The number of carbonyl (C=O) groups is 1. The van der Waals surface area contributed by atoms with Gasteiger partial charge in [0.1, 0.15) is 0 Å². The number of anilines is 1. The highest BCUT2D eigenvalue weighted by Crippen LogP contribution is 2.23. The average Bonchev–Trinajstić information content (AvgIpc) is 3.25. The largest absolute Gasteiger partial charge is 0.340 e. The number of piperazine rings is 1. The molecule has 0 unspecified atom stereocenters. The first-order valence-corrected chi connectivity index (χ1v) is 12.4. The van der Waals surface area contributed by atoms with Crippen molar-refractivity contribution in [3.8, 4) is 0 Å². The number of nitrogens with one attached hydrogen (secondary N) is 1. The topological polar surface area (TPSA) is 82.6 Å². The lowest BCUT2D eigenvalue weighted by Crippen LogP contribution is -2.50. The number of amides is 1. The van der Waals surface area contributed by atoms with Gasteiger partial charge in [0, 0.05) is 49.2 Å². The van der Waals surface area contributed by atoms with Crippen LogP contribution in [0.2, 0.25) is 5.02 Å². The molecule has 0 spiro atoms. The van der Waals surface area contributed by atoms with Crippen molar-refractivity contribution >= 4 is 54.6 Å². The van der Waals surface area contributed by atoms with Crippen LogP contribution in [-0.4, -0.2) is 61.1 Å². The zero-order valence-corrected chi connectivity index (χ0v) is 18.5. The predicted molar refractivity (Wildman–Crippen MR) is 120 cm³/mol. The Kier molecular flexibility index (Phi) is 6.24. The van der Waals surface area contributed by atoms with E-state index in [1.54, 1.807) is 47.5 Å². The second-order valence-electron chi connectivity index (χ2n) is 7.04. The van der Waals surface area contributed by atoms with Gasteiger partial charge in [-0.05, 0) is 35.0 Å². The molecule has 1 aliphatic rings.